The smallest absolute Gasteiger partial charge is 0.225 e. The van der Waals surface area contributed by atoms with Crippen molar-refractivity contribution in [1.29, 1.82) is 0 Å². The van der Waals surface area contributed by atoms with Crippen LogP contribution in [0.2, 0.25) is 5.28 Å². The second kappa shape index (κ2) is 4.85. The third kappa shape index (κ3) is 2.47. The van der Waals surface area contributed by atoms with Gasteiger partial charge in [-0.2, -0.15) is 0 Å². The van der Waals surface area contributed by atoms with Gasteiger partial charge in [0.2, 0.25) is 5.28 Å². The van der Waals surface area contributed by atoms with Crippen molar-refractivity contribution in [1.82, 2.24) is 14.8 Å². The van der Waals surface area contributed by atoms with Crippen LogP contribution in [0.5, 0.6) is 0 Å². The van der Waals surface area contributed by atoms with E-state index in [1.54, 1.807) is 11.3 Å². The van der Waals surface area contributed by atoms with Crippen molar-refractivity contribution >= 4 is 38.9 Å². The number of halogens is 2. The lowest BCUT2D eigenvalue weighted by Gasteiger charge is -2.08. The lowest BCUT2D eigenvalue weighted by molar-refractivity contribution is 0.674. The molecule has 0 amide bonds. The minimum Gasteiger partial charge on any atom is -0.296 e. The molecule has 2 rings (SSSR count). The Kier molecular flexibility index (Phi) is 3.66. The first-order valence-electron chi connectivity index (χ1n) is 4.90. The molecule has 0 aliphatic rings. The van der Waals surface area contributed by atoms with Gasteiger partial charge in [-0.05, 0) is 39.7 Å². The molecular weight excluding hydrogens is 310 g/mol. The van der Waals surface area contributed by atoms with E-state index < -0.39 is 0 Å². The zero-order chi connectivity index (χ0) is 11.7. The number of nitrogens with zero attached hydrogens (tertiary/aromatic N) is 3. The number of thiophene rings is 1. The maximum absolute atomic E-state index is 6.03. The van der Waals surface area contributed by atoms with Crippen molar-refractivity contribution in [3.63, 3.8) is 0 Å². The predicted octanol–water partition coefficient (Wildman–Crippen LogP) is 3.93. The van der Waals surface area contributed by atoms with Crippen molar-refractivity contribution in [3.05, 3.63) is 31.9 Å². The largest absolute Gasteiger partial charge is 0.296 e. The maximum atomic E-state index is 6.03. The molecule has 0 unspecified atom stereocenters. The van der Waals surface area contributed by atoms with Crippen LogP contribution in [0.1, 0.15) is 30.5 Å². The highest BCUT2D eigenvalue weighted by molar-refractivity contribution is 9.11. The van der Waals surface area contributed by atoms with E-state index in [4.69, 9.17) is 11.6 Å². The van der Waals surface area contributed by atoms with Gasteiger partial charge in [0.25, 0.3) is 0 Å². The molecule has 0 aromatic carbocycles. The fourth-order valence-electron chi connectivity index (χ4n) is 1.46. The summed E-state index contributed by atoms with van der Waals surface area (Å²) in [6.45, 7) is 4.90. The van der Waals surface area contributed by atoms with E-state index in [-0.39, 0.29) is 0 Å². The summed E-state index contributed by atoms with van der Waals surface area (Å²) in [5, 5.41) is 8.46. The standard InChI is InChI=1S/C10H11BrClN3S/c1-6(2)9-13-14-10(12)15(9)5-7-3-4-8(11)16-7/h3-4,6H,5H2,1-2H3. The van der Waals surface area contributed by atoms with E-state index >= 15 is 0 Å². The van der Waals surface area contributed by atoms with E-state index in [9.17, 15) is 0 Å². The van der Waals surface area contributed by atoms with E-state index in [1.165, 1.54) is 4.88 Å². The minimum absolute atomic E-state index is 0.323. The summed E-state index contributed by atoms with van der Waals surface area (Å²) in [5.74, 6) is 1.25. The summed E-state index contributed by atoms with van der Waals surface area (Å²) in [6, 6.07) is 4.11. The summed E-state index contributed by atoms with van der Waals surface area (Å²) in [7, 11) is 0. The highest BCUT2D eigenvalue weighted by Gasteiger charge is 2.14. The van der Waals surface area contributed by atoms with E-state index in [0.717, 1.165) is 16.2 Å². The van der Waals surface area contributed by atoms with Crippen LogP contribution in [0, 0.1) is 0 Å². The molecule has 0 radical (unpaired) electrons. The van der Waals surface area contributed by atoms with Crippen LogP contribution in [0.25, 0.3) is 0 Å². The Morgan fingerprint density at radius 3 is 2.75 bits per heavy atom. The molecule has 0 atom stereocenters. The molecule has 6 heteroatoms. The molecule has 2 aromatic heterocycles. The average molecular weight is 321 g/mol. The first-order chi connectivity index (χ1) is 7.58. The molecule has 0 N–H and O–H groups in total. The topological polar surface area (TPSA) is 30.7 Å². The molecule has 0 fully saturated rings. The molecule has 0 saturated heterocycles. The van der Waals surface area contributed by atoms with Crippen LogP contribution in [0.3, 0.4) is 0 Å². The third-order valence-electron chi connectivity index (χ3n) is 2.19. The Hall–Kier alpha value is -0.390. The second-order valence-corrected chi connectivity index (χ2v) is 6.66. The normalized spacial score (nSPS) is 11.3. The molecule has 0 bridgehead atoms. The molecule has 0 spiro atoms. The SMILES string of the molecule is CC(C)c1nnc(Cl)n1Cc1ccc(Br)s1. The van der Waals surface area contributed by atoms with Crippen molar-refractivity contribution < 1.29 is 0 Å². The predicted molar refractivity (Wildman–Crippen MR) is 70.2 cm³/mol. The Morgan fingerprint density at radius 1 is 1.44 bits per heavy atom. The second-order valence-electron chi connectivity index (χ2n) is 3.77. The molecule has 2 heterocycles. The van der Waals surface area contributed by atoms with Crippen molar-refractivity contribution in [2.45, 2.75) is 26.3 Å². The van der Waals surface area contributed by atoms with Crippen LogP contribution >= 0.6 is 38.9 Å². The van der Waals surface area contributed by atoms with Crippen LogP contribution in [0.4, 0.5) is 0 Å². The molecule has 16 heavy (non-hydrogen) atoms. The number of hydrogen-bond acceptors (Lipinski definition) is 3. The van der Waals surface area contributed by atoms with Gasteiger partial charge >= 0.3 is 0 Å². The molecule has 86 valence electrons. The number of aromatic nitrogens is 3. The highest BCUT2D eigenvalue weighted by Crippen LogP contribution is 2.25. The molecule has 0 saturated carbocycles. The zero-order valence-electron chi connectivity index (χ0n) is 8.94. The third-order valence-corrected chi connectivity index (χ3v) is 4.08. The van der Waals surface area contributed by atoms with Crippen LogP contribution in [-0.4, -0.2) is 14.8 Å². The van der Waals surface area contributed by atoms with Gasteiger partial charge in [0.05, 0.1) is 10.3 Å². The van der Waals surface area contributed by atoms with E-state index in [2.05, 4.69) is 46.0 Å². The number of hydrogen-bond donors (Lipinski definition) is 0. The van der Waals surface area contributed by atoms with Gasteiger partial charge in [-0.15, -0.1) is 21.5 Å². The Labute approximate surface area is 112 Å². The fraction of sp³-hybridized carbons (Fsp3) is 0.400. The number of rotatable bonds is 3. The summed E-state index contributed by atoms with van der Waals surface area (Å²) in [5.41, 5.74) is 0. The molecular formula is C10H11BrClN3S. The molecule has 0 aliphatic carbocycles. The van der Waals surface area contributed by atoms with Crippen LogP contribution in [-0.2, 0) is 6.54 Å². The monoisotopic (exact) mass is 319 g/mol. The zero-order valence-corrected chi connectivity index (χ0v) is 12.1. The average Bonchev–Trinajstić information content (AvgIpc) is 2.76. The van der Waals surface area contributed by atoms with E-state index in [1.807, 2.05) is 10.6 Å². The van der Waals surface area contributed by atoms with Gasteiger partial charge in [-0.1, -0.05) is 13.8 Å². The quantitative estimate of drug-likeness (QED) is 0.858. The Bertz CT molecular complexity index is 492. The molecule has 2 aromatic rings. The van der Waals surface area contributed by atoms with Crippen molar-refractivity contribution in [2.24, 2.45) is 0 Å². The van der Waals surface area contributed by atoms with Gasteiger partial charge in [0.15, 0.2) is 0 Å². The highest BCUT2D eigenvalue weighted by atomic mass is 79.9. The first-order valence-corrected chi connectivity index (χ1v) is 6.89. The summed E-state index contributed by atoms with van der Waals surface area (Å²) in [4.78, 5) is 1.23. The lowest BCUT2D eigenvalue weighted by Crippen LogP contribution is -2.05. The summed E-state index contributed by atoms with van der Waals surface area (Å²) in [6.07, 6.45) is 0. The molecule has 3 nitrogen and oxygen atoms in total. The minimum atomic E-state index is 0.323. The van der Waals surface area contributed by atoms with E-state index in [0.29, 0.717) is 11.2 Å². The van der Waals surface area contributed by atoms with Crippen molar-refractivity contribution in [3.8, 4) is 0 Å². The maximum Gasteiger partial charge on any atom is 0.225 e. The van der Waals surface area contributed by atoms with Gasteiger partial charge in [0.1, 0.15) is 5.82 Å². The van der Waals surface area contributed by atoms with Gasteiger partial charge in [-0.25, -0.2) is 0 Å². The Balaban J connectivity index is 2.30. The Morgan fingerprint density at radius 2 is 2.19 bits per heavy atom. The van der Waals surface area contributed by atoms with Crippen molar-refractivity contribution in [2.75, 3.05) is 0 Å². The fourth-order valence-corrected chi connectivity index (χ4v) is 3.12. The summed E-state index contributed by atoms with van der Waals surface area (Å²) < 4.78 is 3.07. The lowest BCUT2D eigenvalue weighted by atomic mass is 10.2. The summed E-state index contributed by atoms with van der Waals surface area (Å²) >= 11 is 11.2. The van der Waals surface area contributed by atoms with Crippen LogP contribution < -0.4 is 0 Å². The van der Waals surface area contributed by atoms with Gasteiger partial charge < -0.3 is 0 Å². The van der Waals surface area contributed by atoms with Gasteiger partial charge in [0, 0.05) is 10.8 Å². The van der Waals surface area contributed by atoms with Gasteiger partial charge in [-0.3, -0.25) is 4.57 Å². The van der Waals surface area contributed by atoms with Crippen LogP contribution in [0.15, 0.2) is 15.9 Å². The molecule has 0 aliphatic heterocycles. The first kappa shape index (κ1) is 12.1.